The molecule has 0 aromatic rings. The van der Waals surface area contributed by atoms with Crippen LogP contribution < -0.4 is 0 Å². The van der Waals surface area contributed by atoms with Crippen LogP contribution in [0.4, 0.5) is 0 Å². The highest BCUT2D eigenvalue weighted by Gasteiger charge is 2.39. The van der Waals surface area contributed by atoms with E-state index in [4.69, 9.17) is 14.9 Å². The maximum Gasteiger partial charge on any atom is 0.305 e. The Morgan fingerprint density at radius 2 is 2.00 bits per heavy atom. The van der Waals surface area contributed by atoms with Crippen molar-refractivity contribution in [1.29, 1.82) is 0 Å². The van der Waals surface area contributed by atoms with E-state index in [1.807, 2.05) is 12.2 Å². The van der Waals surface area contributed by atoms with Crippen LogP contribution in [0.25, 0.3) is 0 Å². The van der Waals surface area contributed by atoms with E-state index in [9.17, 15) is 19.8 Å². The van der Waals surface area contributed by atoms with Crippen molar-refractivity contribution in [3.63, 3.8) is 0 Å². The molecule has 5 atom stereocenters. The third-order valence-corrected chi connectivity index (χ3v) is 5.35. The lowest BCUT2D eigenvalue weighted by atomic mass is 9.90. The van der Waals surface area contributed by atoms with Gasteiger partial charge in [-0.25, -0.2) is 0 Å². The lowest BCUT2D eigenvalue weighted by molar-refractivity contribution is -0.147. The molecule has 4 N–H and O–H groups in total. The number of esters is 1. The highest BCUT2D eigenvalue weighted by Crippen LogP contribution is 2.33. The summed E-state index contributed by atoms with van der Waals surface area (Å²) in [7, 11) is 0. The van der Waals surface area contributed by atoms with Crippen LogP contribution in [-0.4, -0.2) is 63.7 Å². The van der Waals surface area contributed by atoms with Gasteiger partial charge in [-0.1, -0.05) is 50.5 Å². The number of carbonyl (C=O) groups is 2. The van der Waals surface area contributed by atoms with Crippen molar-refractivity contribution < 1.29 is 34.8 Å². The molecule has 172 valence electrons. The van der Waals surface area contributed by atoms with Gasteiger partial charge in [0.1, 0.15) is 18.5 Å². The first-order chi connectivity index (χ1) is 14.4. The predicted molar refractivity (Wildman–Crippen MR) is 114 cm³/mol. The number of Topliss-reactive ketones (excluding diaryl/α,β-unsaturated/α-hetero) is 1. The van der Waals surface area contributed by atoms with Crippen LogP contribution in [0.2, 0.25) is 0 Å². The summed E-state index contributed by atoms with van der Waals surface area (Å²) in [5.41, 5.74) is 0. The second-order valence-electron chi connectivity index (χ2n) is 7.99. The summed E-state index contributed by atoms with van der Waals surface area (Å²) < 4.78 is 4.83. The normalized spacial score (nSPS) is 24.0. The molecule has 0 heterocycles. The summed E-state index contributed by atoms with van der Waals surface area (Å²) in [6.07, 6.45) is 10.9. The number of allylic oxidation sites excluding steroid dienone is 2. The van der Waals surface area contributed by atoms with Gasteiger partial charge in [0.2, 0.25) is 0 Å². The smallest absolute Gasteiger partial charge is 0.305 e. The molecule has 0 aliphatic heterocycles. The molecule has 1 aliphatic carbocycles. The standard InChI is InChI=1S/C23H38O7/c1-2-3-6-9-17(25)12-13-20-19(21(27)14-22(20)28)10-7-4-5-8-11-23(29)30-16-18(26)15-24/h4,7,12-13,17-20,22,24-26,28H,2-3,5-6,8-11,14-16H2,1H3/b7-4-,13-12+/t17-,18?,19+,20+,22+/m0/s1. The largest absolute Gasteiger partial charge is 0.463 e. The Balaban J connectivity index is 2.37. The van der Waals surface area contributed by atoms with Crippen LogP contribution in [0.15, 0.2) is 24.3 Å². The topological polar surface area (TPSA) is 124 Å². The van der Waals surface area contributed by atoms with Crippen LogP contribution in [0.1, 0.15) is 64.7 Å². The van der Waals surface area contributed by atoms with Crippen molar-refractivity contribution in [1.82, 2.24) is 0 Å². The Kier molecular flexibility index (Phi) is 13.5. The molecule has 0 saturated heterocycles. The van der Waals surface area contributed by atoms with Gasteiger partial charge in [0, 0.05) is 24.7 Å². The number of aliphatic hydroxyl groups is 4. The Morgan fingerprint density at radius 3 is 2.70 bits per heavy atom. The maximum atomic E-state index is 12.2. The number of carbonyl (C=O) groups excluding carboxylic acids is 2. The average Bonchev–Trinajstić information content (AvgIpc) is 2.99. The summed E-state index contributed by atoms with van der Waals surface area (Å²) in [6.45, 7) is 1.45. The molecule has 1 fully saturated rings. The van der Waals surface area contributed by atoms with E-state index in [0.29, 0.717) is 25.7 Å². The predicted octanol–water partition coefficient (Wildman–Crippen LogP) is 2.06. The molecule has 7 heteroatoms. The minimum atomic E-state index is -1.05. The fourth-order valence-corrected chi connectivity index (χ4v) is 3.52. The molecule has 7 nitrogen and oxygen atoms in total. The van der Waals surface area contributed by atoms with Gasteiger partial charge in [-0.2, -0.15) is 0 Å². The molecule has 0 aromatic carbocycles. The van der Waals surface area contributed by atoms with Gasteiger partial charge >= 0.3 is 5.97 Å². The van der Waals surface area contributed by atoms with Gasteiger partial charge in [0.25, 0.3) is 0 Å². The second-order valence-corrected chi connectivity index (χ2v) is 7.99. The number of hydrogen-bond donors (Lipinski definition) is 4. The molecular weight excluding hydrogens is 388 g/mol. The summed E-state index contributed by atoms with van der Waals surface area (Å²) >= 11 is 0. The fourth-order valence-electron chi connectivity index (χ4n) is 3.52. The molecule has 1 rings (SSSR count). The number of unbranched alkanes of at least 4 members (excludes halogenated alkanes) is 3. The highest BCUT2D eigenvalue weighted by atomic mass is 16.5. The molecule has 0 radical (unpaired) electrons. The molecule has 0 amide bonds. The van der Waals surface area contributed by atoms with E-state index in [1.54, 1.807) is 12.2 Å². The molecule has 1 unspecified atom stereocenters. The van der Waals surface area contributed by atoms with E-state index in [0.717, 1.165) is 19.3 Å². The lowest BCUT2D eigenvalue weighted by Crippen LogP contribution is -2.21. The fraction of sp³-hybridized carbons (Fsp3) is 0.739. The van der Waals surface area contributed by atoms with Crippen LogP contribution in [0.5, 0.6) is 0 Å². The third kappa shape index (κ3) is 10.5. The van der Waals surface area contributed by atoms with Crippen LogP contribution >= 0.6 is 0 Å². The van der Waals surface area contributed by atoms with Gasteiger partial charge in [-0.15, -0.1) is 0 Å². The summed E-state index contributed by atoms with van der Waals surface area (Å²) in [5.74, 6) is -0.961. The first-order valence-electron chi connectivity index (χ1n) is 11.1. The number of ether oxygens (including phenoxy) is 1. The van der Waals surface area contributed by atoms with E-state index in [1.165, 1.54) is 0 Å². The molecule has 1 aliphatic rings. The first kappa shape index (κ1) is 26.5. The minimum absolute atomic E-state index is 0.0355. The molecule has 0 bridgehead atoms. The van der Waals surface area contributed by atoms with Crippen molar-refractivity contribution in [2.75, 3.05) is 13.2 Å². The number of ketones is 1. The quantitative estimate of drug-likeness (QED) is 0.179. The first-order valence-corrected chi connectivity index (χ1v) is 11.1. The van der Waals surface area contributed by atoms with E-state index >= 15 is 0 Å². The average molecular weight is 427 g/mol. The number of rotatable bonds is 15. The van der Waals surface area contributed by atoms with Gasteiger partial charge in [-0.05, 0) is 25.7 Å². The maximum absolute atomic E-state index is 12.2. The Morgan fingerprint density at radius 1 is 1.23 bits per heavy atom. The molecule has 0 aromatic heterocycles. The van der Waals surface area contributed by atoms with Crippen LogP contribution in [0.3, 0.4) is 0 Å². The second kappa shape index (κ2) is 15.3. The van der Waals surface area contributed by atoms with E-state index < -0.39 is 30.9 Å². The zero-order chi connectivity index (χ0) is 22.4. The Bertz CT molecular complexity index is 558. The summed E-state index contributed by atoms with van der Waals surface area (Å²) in [4.78, 5) is 23.7. The van der Waals surface area contributed by atoms with Crippen molar-refractivity contribution in [2.45, 2.75) is 83.0 Å². The Hall–Kier alpha value is -1.54. The molecule has 30 heavy (non-hydrogen) atoms. The van der Waals surface area contributed by atoms with Gasteiger partial charge in [-0.3, -0.25) is 9.59 Å². The molecule has 0 spiro atoms. The van der Waals surface area contributed by atoms with Crippen LogP contribution in [0, 0.1) is 11.8 Å². The summed E-state index contributed by atoms with van der Waals surface area (Å²) in [5, 5.41) is 38.0. The van der Waals surface area contributed by atoms with Crippen molar-refractivity contribution >= 4 is 11.8 Å². The summed E-state index contributed by atoms with van der Waals surface area (Å²) in [6, 6.07) is 0. The molecular formula is C23H38O7. The van der Waals surface area contributed by atoms with Gasteiger partial charge in [0.15, 0.2) is 0 Å². The van der Waals surface area contributed by atoms with Crippen molar-refractivity contribution in [2.24, 2.45) is 11.8 Å². The third-order valence-electron chi connectivity index (χ3n) is 5.35. The zero-order valence-corrected chi connectivity index (χ0v) is 18.0. The van der Waals surface area contributed by atoms with Crippen LogP contribution in [-0.2, 0) is 14.3 Å². The lowest BCUT2D eigenvalue weighted by Gasteiger charge is -2.16. The number of aliphatic hydroxyl groups excluding tert-OH is 4. The van der Waals surface area contributed by atoms with E-state index in [2.05, 4.69) is 6.92 Å². The highest BCUT2D eigenvalue weighted by molar-refractivity contribution is 5.84. The monoisotopic (exact) mass is 426 g/mol. The minimum Gasteiger partial charge on any atom is -0.463 e. The Labute approximate surface area is 179 Å². The van der Waals surface area contributed by atoms with Crippen molar-refractivity contribution in [3.8, 4) is 0 Å². The SMILES string of the molecule is CCCCC[C@H](O)/C=C/[C@H]1[C@H](O)CC(=O)[C@@H]1C/C=C\CCCC(=O)OCC(O)CO. The zero-order valence-electron chi connectivity index (χ0n) is 18.0. The van der Waals surface area contributed by atoms with Crippen molar-refractivity contribution in [3.05, 3.63) is 24.3 Å². The van der Waals surface area contributed by atoms with E-state index in [-0.39, 0.29) is 37.1 Å². The van der Waals surface area contributed by atoms with Gasteiger partial charge < -0.3 is 25.2 Å². The number of hydrogen-bond acceptors (Lipinski definition) is 7. The molecule has 1 saturated carbocycles. The van der Waals surface area contributed by atoms with Gasteiger partial charge in [0.05, 0.1) is 18.8 Å².